The third-order valence-electron chi connectivity index (χ3n) is 5.72. The average Bonchev–Trinajstić information content (AvgIpc) is 3.52. The highest BCUT2D eigenvalue weighted by atomic mass is 35.5. The maximum atomic E-state index is 13.0. The van der Waals surface area contributed by atoms with Gasteiger partial charge in [-0.3, -0.25) is 14.4 Å². The van der Waals surface area contributed by atoms with E-state index in [0.29, 0.717) is 27.5 Å². The minimum atomic E-state index is -0.587. The third kappa shape index (κ3) is 2.90. The second-order valence-electron chi connectivity index (χ2n) is 7.59. The van der Waals surface area contributed by atoms with Gasteiger partial charge < -0.3 is 5.32 Å². The van der Waals surface area contributed by atoms with Crippen LogP contribution in [0.25, 0.3) is 0 Å². The van der Waals surface area contributed by atoms with Gasteiger partial charge >= 0.3 is 0 Å². The second kappa shape index (κ2) is 6.82. The number of nitrogens with one attached hydrogen (secondary N) is 1. The first-order valence-electron chi connectivity index (χ1n) is 9.65. The molecule has 1 heterocycles. The highest BCUT2D eigenvalue weighted by Crippen LogP contribution is 2.49. The van der Waals surface area contributed by atoms with Gasteiger partial charge in [0.25, 0.3) is 11.8 Å². The van der Waals surface area contributed by atoms with Gasteiger partial charge in [-0.2, -0.15) is 0 Å². The van der Waals surface area contributed by atoms with Crippen molar-refractivity contribution in [2.24, 2.45) is 0 Å². The molecule has 0 unspecified atom stereocenters. The molecule has 3 aromatic carbocycles. The number of imide groups is 1. The monoisotopic (exact) mass is 416 g/mol. The Morgan fingerprint density at radius 3 is 2.17 bits per heavy atom. The highest BCUT2D eigenvalue weighted by molar-refractivity contribution is 6.34. The summed E-state index contributed by atoms with van der Waals surface area (Å²) in [5.74, 6) is -0.849. The molecule has 3 amide bonds. The molecule has 5 rings (SSSR count). The number of hydrogen-bond acceptors (Lipinski definition) is 3. The SMILES string of the molecule is O=C1c2ccccc2C(=O)N1c1cccc(NC(=O)C2(c3cccc(Cl)c3)CC2)c1. The van der Waals surface area contributed by atoms with Crippen molar-refractivity contribution < 1.29 is 14.4 Å². The number of carbonyl (C=O) groups excluding carboxylic acids is 3. The highest BCUT2D eigenvalue weighted by Gasteiger charge is 2.51. The predicted molar refractivity (Wildman–Crippen MR) is 115 cm³/mol. The van der Waals surface area contributed by atoms with E-state index >= 15 is 0 Å². The summed E-state index contributed by atoms with van der Waals surface area (Å²) in [6.45, 7) is 0. The lowest BCUT2D eigenvalue weighted by atomic mass is 9.95. The summed E-state index contributed by atoms with van der Waals surface area (Å²) in [5, 5.41) is 3.54. The Morgan fingerprint density at radius 1 is 0.867 bits per heavy atom. The fourth-order valence-corrected chi connectivity index (χ4v) is 4.15. The van der Waals surface area contributed by atoms with Crippen molar-refractivity contribution in [2.45, 2.75) is 18.3 Å². The number of anilines is 2. The Balaban J connectivity index is 1.41. The maximum Gasteiger partial charge on any atom is 0.266 e. The van der Waals surface area contributed by atoms with Crippen LogP contribution in [0.5, 0.6) is 0 Å². The molecule has 30 heavy (non-hydrogen) atoms. The van der Waals surface area contributed by atoms with Crippen LogP contribution < -0.4 is 10.2 Å². The second-order valence-corrected chi connectivity index (χ2v) is 8.02. The van der Waals surface area contributed by atoms with E-state index in [1.54, 1.807) is 54.6 Å². The van der Waals surface area contributed by atoms with Crippen molar-refractivity contribution in [2.75, 3.05) is 10.2 Å². The molecule has 1 saturated carbocycles. The molecule has 0 radical (unpaired) electrons. The van der Waals surface area contributed by atoms with E-state index in [9.17, 15) is 14.4 Å². The van der Waals surface area contributed by atoms with Crippen molar-refractivity contribution in [1.29, 1.82) is 0 Å². The Labute approximate surface area is 178 Å². The quantitative estimate of drug-likeness (QED) is 0.620. The fraction of sp³-hybridized carbons (Fsp3) is 0.125. The predicted octanol–water partition coefficient (Wildman–Crippen LogP) is 4.81. The number of halogens is 1. The van der Waals surface area contributed by atoms with Gasteiger partial charge in [0.15, 0.2) is 0 Å². The van der Waals surface area contributed by atoms with E-state index < -0.39 is 5.41 Å². The van der Waals surface area contributed by atoms with Gasteiger partial charge in [0, 0.05) is 10.7 Å². The van der Waals surface area contributed by atoms with Crippen LogP contribution in [0.15, 0.2) is 72.8 Å². The molecule has 0 aromatic heterocycles. The Bertz CT molecular complexity index is 1180. The van der Waals surface area contributed by atoms with E-state index in [1.807, 2.05) is 18.2 Å². The van der Waals surface area contributed by atoms with Crippen LogP contribution in [-0.2, 0) is 10.2 Å². The molecule has 1 aliphatic heterocycles. The Hall–Kier alpha value is -3.44. The molecule has 6 heteroatoms. The first kappa shape index (κ1) is 18.6. The zero-order valence-corrected chi connectivity index (χ0v) is 16.6. The minimum absolute atomic E-state index is 0.121. The standard InChI is InChI=1S/C24H17ClN2O3/c25-16-6-3-5-15(13-16)24(11-12-24)23(30)26-17-7-4-8-18(14-17)27-21(28)19-9-1-2-10-20(19)22(27)29/h1-10,13-14H,11-12H2,(H,26,30). The van der Waals surface area contributed by atoms with Crippen LogP contribution in [0.1, 0.15) is 39.1 Å². The summed E-state index contributed by atoms with van der Waals surface area (Å²) in [6, 6.07) is 20.9. The molecule has 0 saturated heterocycles. The number of fused-ring (bicyclic) bond motifs is 1. The normalized spacial score (nSPS) is 16.4. The summed E-state index contributed by atoms with van der Waals surface area (Å²) < 4.78 is 0. The molecule has 3 aromatic rings. The lowest BCUT2D eigenvalue weighted by Gasteiger charge is -2.18. The van der Waals surface area contributed by atoms with Crippen molar-refractivity contribution in [3.8, 4) is 0 Å². The van der Waals surface area contributed by atoms with E-state index in [0.717, 1.165) is 23.3 Å². The number of amides is 3. The van der Waals surface area contributed by atoms with Gasteiger partial charge in [0.05, 0.1) is 22.2 Å². The lowest BCUT2D eigenvalue weighted by Crippen LogP contribution is -2.30. The number of carbonyl (C=O) groups is 3. The minimum Gasteiger partial charge on any atom is -0.325 e. The van der Waals surface area contributed by atoms with Gasteiger partial charge in [-0.05, 0) is 60.9 Å². The van der Waals surface area contributed by atoms with Crippen LogP contribution in [0, 0.1) is 0 Å². The van der Waals surface area contributed by atoms with Crippen molar-refractivity contribution in [3.63, 3.8) is 0 Å². The topological polar surface area (TPSA) is 66.5 Å². The van der Waals surface area contributed by atoms with Crippen LogP contribution in [0.3, 0.4) is 0 Å². The molecular formula is C24H17ClN2O3. The zero-order valence-electron chi connectivity index (χ0n) is 15.9. The summed E-state index contributed by atoms with van der Waals surface area (Å²) in [6.07, 6.45) is 1.49. The molecule has 1 fully saturated rings. The third-order valence-corrected chi connectivity index (χ3v) is 5.95. The summed E-state index contributed by atoms with van der Waals surface area (Å²) >= 11 is 6.10. The number of benzene rings is 3. The van der Waals surface area contributed by atoms with Gasteiger partial charge in [-0.1, -0.05) is 41.9 Å². The fourth-order valence-electron chi connectivity index (χ4n) is 3.96. The van der Waals surface area contributed by atoms with Crippen LogP contribution in [0.4, 0.5) is 11.4 Å². The van der Waals surface area contributed by atoms with Gasteiger partial charge in [0.2, 0.25) is 5.91 Å². The molecule has 2 aliphatic rings. The van der Waals surface area contributed by atoms with Crippen molar-refractivity contribution in [3.05, 3.63) is 94.5 Å². The molecule has 148 valence electrons. The number of nitrogens with zero attached hydrogens (tertiary/aromatic N) is 1. The van der Waals surface area contributed by atoms with E-state index in [4.69, 9.17) is 11.6 Å². The van der Waals surface area contributed by atoms with Gasteiger partial charge in [-0.25, -0.2) is 4.90 Å². The largest absolute Gasteiger partial charge is 0.325 e. The number of hydrogen-bond donors (Lipinski definition) is 1. The van der Waals surface area contributed by atoms with E-state index in [2.05, 4.69) is 5.32 Å². The van der Waals surface area contributed by atoms with Crippen molar-refractivity contribution >= 4 is 40.7 Å². The molecule has 0 atom stereocenters. The molecule has 5 nitrogen and oxygen atoms in total. The zero-order chi connectivity index (χ0) is 20.9. The summed E-state index contributed by atoms with van der Waals surface area (Å²) in [7, 11) is 0. The lowest BCUT2D eigenvalue weighted by molar-refractivity contribution is -0.118. The average molecular weight is 417 g/mol. The molecule has 1 N–H and O–H groups in total. The first-order valence-corrected chi connectivity index (χ1v) is 10.0. The molecule has 0 bridgehead atoms. The molecule has 0 spiro atoms. The van der Waals surface area contributed by atoms with E-state index in [-0.39, 0.29) is 17.7 Å². The summed E-state index contributed by atoms with van der Waals surface area (Å²) in [4.78, 5) is 39.7. The summed E-state index contributed by atoms with van der Waals surface area (Å²) in [5.41, 5.74) is 2.03. The van der Waals surface area contributed by atoms with Crippen LogP contribution in [-0.4, -0.2) is 17.7 Å². The number of rotatable bonds is 4. The van der Waals surface area contributed by atoms with Gasteiger partial charge in [-0.15, -0.1) is 0 Å². The van der Waals surface area contributed by atoms with Gasteiger partial charge in [0.1, 0.15) is 0 Å². The maximum absolute atomic E-state index is 13.0. The Kier molecular flexibility index (Phi) is 4.22. The Morgan fingerprint density at radius 2 is 1.53 bits per heavy atom. The van der Waals surface area contributed by atoms with Crippen LogP contribution in [0.2, 0.25) is 5.02 Å². The molecular weight excluding hydrogens is 400 g/mol. The first-order chi connectivity index (χ1) is 14.5. The molecule has 1 aliphatic carbocycles. The smallest absolute Gasteiger partial charge is 0.266 e. The van der Waals surface area contributed by atoms with Crippen LogP contribution >= 0.6 is 11.6 Å². The van der Waals surface area contributed by atoms with E-state index in [1.165, 1.54) is 0 Å². The van der Waals surface area contributed by atoms with Crippen molar-refractivity contribution in [1.82, 2.24) is 0 Å².